The van der Waals surface area contributed by atoms with Crippen molar-refractivity contribution < 1.29 is 17.8 Å². The van der Waals surface area contributed by atoms with E-state index >= 15 is 0 Å². The number of para-hydroxylation sites is 1. The molecule has 0 saturated carbocycles. The topological polar surface area (TPSA) is 36.6 Å². The maximum atomic E-state index is 14.3. The Labute approximate surface area is 132 Å². The Hall–Kier alpha value is -2.70. The van der Waals surface area contributed by atoms with Crippen molar-refractivity contribution in [3.63, 3.8) is 0 Å². The summed E-state index contributed by atoms with van der Waals surface area (Å²) in [6, 6.07) is 13.6. The normalized spacial score (nSPS) is 18.3. The van der Waals surface area contributed by atoms with E-state index in [1.165, 1.54) is 6.21 Å². The van der Waals surface area contributed by atoms with Gasteiger partial charge in [0.1, 0.15) is 12.1 Å². The van der Waals surface area contributed by atoms with Gasteiger partial charge in [-0.25, -0.2) is 0 Å². The monoisotopic (exact) mass is 313 g/mol. The Morgan fingerprint density at radius 1 is 1.13 bits per heavy atom. The predicted molar refractivity (Wildman–Crippen MR) is 86.0 cm³/mol. The second-order valence-electron chi connectivity index (χ2n) is 5.46. The van der Waals surface area contributed by atoms with Crippen molar-refractivity contribution in [1.82, 2.24) is 5.32 Å². The number of hydrogen-bond donors (Lipinski definition) is 1. The first-order valence-electron chi connectivity index (χ1n) is 7.45. The van der Waals surface area contributed by atoms with E-state index in [1.807, 2.05) is 6.07 Å². The quantitative estimate of drug-likeness (QED) is 0.865. The summed E-state index contributed by atoms with van der Waals surface area (Å²) < 4.78 is 34.5. The molecular formula is C16H14BF2N3O. The molecule has 116 valence electrons. The maximum absolute atomic E-state index is 14.3. The lowest BCUT2D eigenvalue weighted by Crippen LogP contribution is -2.46. The molecule has 1 N–H and O–H groups in total. The number of halogens is 2. The van der Waals surface area contributed by atoms with Crippen molar-refractivity contribution in [2.45, 2.75) is 0 Å². The van der Waals surface area contributed by atoms with Gasteiger partial charge in [-0.05, 0) is 18.2 Å². The second-order valence-corrected chi connectivity index (χ2v) is 5.46. The SMILES string of the molecule is F[B-]1(F)Oc2ccc(C3=NCCN3)cc2C=[N+]1c1ccccc1. The van der Waals surface area contributed by atoms with Gasteiger partial charge in [-0.2, -0.15) is 0 Å². The van der Waals surface area contributed by atoms with Crippen LogP contribution in [0.4, 0.5) is 14.3 Å². The first kappa shape index (κ1) is 13.9. The van der Waals surface area contributed by atoms with Gasteiger partial charge in [-0.1, -0.05) is 18.2 Å². The summed E-state index contributed by atoms with van der Waals surface area (Å²) in [5.41, 5.74) is 1.87. The van der Waals surface area contributed by atoms with Crippen LogP contribution in [0.15, 0.2) is 53.5 Å². The molecule has 0 amide bonds. The van der Waals surface area contributed by atoms with E-state index in [4.69, 9.17) is 4.65 Å². The second kappa shape index (κ2) is 5.19. The molecule has 0 spiro atoms. The molecule has 2 heterocycles. The highest BCUT2D eigenvalue weighted by Gasteiger charge is 2.50. The van der Waals surface area contributed by atoms with Crippen LogP contribution in [0.5, 0.6) is 5.75 Å². The number of nitrogens with zero attached hydrogens (tertiary/aromatic N) is 2. The molecule has 23 heavy (non-hydrogen) atoms. The minimum Gasteiger partial charge on any atom is -0.599 e. The molecule has 2 aromatic carbocycles. The van der Waals surface area contributed by atoms with Crippen molar-refractivity contribution in [2.24, 2.45) is 4.99 Å². The molecule has 0 unspecified atom stereocenters. The van der Waals surface area contributed by atoms with Gasteiger partial charge in [-0.3, -0.25) is 4.99 Å². The molecule has 2 aliphatic heterocycles. The molecule has 2 aliphatic rings. The van der Waals surface area contributed by atoms with Crippen LogP contribution in [-0.4, -0.2) is 36.7 Å². The van der Waals surface area contributed by atoms with E-state index in [9.17, 15) is 8.63 Å². The molecule has 4 nitrogen and oxygen atoms in total. The lowest BCUT2D eigenvalue weighted by atomic mass is 9.97. The average Bonchev–Trinajstić information content (AvgIpc) is 3.08. The fourth-order valence-corrected chi connectivity index (χ4v) is 2.79. The van der Waals surface area contributed by atoms with E-state index in [1.54, 1.807) is 42.5 Å². The lowest BCUT2D eigenvalue weighted by molar-refractivity contribution is -0.343. The Kier molecular flexibility index (Phi) is 3.14. The van der Waals surface area contributed by atoms with Crippen molar-refractivity contribution in [1.29, 1.82) is 0 Å². The number of benzene rings is 2. The van der Waals surface area contributed by atoms with Crippen LogP contribution < -0.4 is 9.97 Å². The Bertz CT molecular complexity index is 821. The highest BCUT2D eigenvalue weighted by Crippen LogP contribution is 2.31. The van der Waals surface area contributed by atoms with Gasteiger partial charge in [0.2, 0.25) is 0 Å². The first-order valence-corrected chi connectivity index (χ1v) is 7.45. The van der Waals surface area contributed by atoms with Crippen molar-refractivity contribution in [3.05, 3.63) is 59.7 Å². The summed E-state index contributed by atoms with van der Waals surface area (Å²) in [5, 5.41) is 3.18. The van der Waals surface area contributed by atoms with Gasteiger partial charge in [0.15, 0.2) is 5.69 Å². The van der Waals surface area contributed by atoms with E-state index in [-0.39, 0.29) is 5.75 Å². The van der Waals surface area contributed by atoms with Crippen molar-refractivity contribution in [3.8, 4) is 5.75 Å². The number of amidine groups is 1. The van der Waals surface area contributed by atoms with Crippen LogP contribution in [-0.2, 0) is 0 Å². The van der Waals surface area contributed by atoms with E-state index < -0.39 is 7.04 Å². The minimum absolute atomic E-state index is 0.185. The van der Waals surface area contributed by atoms with E-state index in [0.29, 0.717) is 11.3 Å². The summed E-state index contributed by atoms with van der Waals surface area (Å²) in [6.07, 6.45) is 1.44. The van der Waals surface area contributed by atoms with Gasteiger partial charge in [-0.15, -0.1) is 0 Å². The summed E-state index contributed by atoms with van der Waals surface area (Å²) >= 11 is 0. The minimum atomic E-state index is -4.15. The zero-order valence-corrected chi connectivity index (χ0v) is 12.2. The highest BCUT2D eigenvalue weighted by atomic mass is 19.3. The van der Waals surface area contributed by atoms with Crippen LogP contribution in [0.3, 0.4) is 0 Å². The fraction of sp³-hybridized carbons (Fsp3) is 0.125. The average molecular weight is 313 g/mol. The molecule has 4 rings (SSSR count). The number of aliphatic imine (C=N–C) groups is 1. The predicted octanol–water partition coefficient (Wildman–Crippen LogP) is 2.57. The maximum Gasteiger partial charge on any atom is 0.834 e. The number of hydrogen-bond acceptors (Lipinski definition) is 3. The third-order valence-electron chi connectivity index (χ3n) is 3.88. The van der Waals surface area contributed by atoms with Gasteiger partial charge in [0, 0.05) is 24.2 Å². The molecule has 0 aliphatic carbocycles. The molecule has 0 aromatic heterocycles. The Morgan fingerprint density at radius 3 is 2.70 bits per heavy atom. The highest BCUT2D eigenvalue weighted by molar-refractivity contribution is 6.53. The van der Waals surface area contributed by atoms with Crippen molar-refractivity contribution in [2.75, 3.05) is 13.1 Å². The third kappa shape index (κ3) is 2.48. The summed E-state index contributed by atoms with van der Waals surface area (Å²) in [7, 11) is -4.15. The molecule has 0 radical (unpaired) electrons. The molecule has 0 saturated heterocycles. The third-order valence-corrected chi connectivity index (χ3v) is 3.88. The lowest BCUT2D eigenvalue weighted by Gasteiger charge is -2.28. The summed E-state index contributed by atoms with van der Waals surface area (Å²) in [4.78, 5) is 4.35. The van der Waals surface area contributed by atoms with Crippen LogP contribution in [0.1, 0.15) is 11.1 Å². The molecule has 7 heteroatoms. The van der Waals surface area contributed by atoms with Crippen LogP contribution >= 0.6 is 0 Å². The first-order chi connectivity index (χ1) is 11.1. The molecule has 0 bridgehead atoms. The van der Waals surface area contributed by atoms with Crippen LogP contribution in [0.2, 0.25) is 0 Å². The zero-order valence-electron chi connectivity index (χ0n) is 12.2. The molecule has 0 fully saturated rings. The van der Waals surface area contributed by atoms with Gasteiger partial charge < -0.3 is 23.1 Å². The van der Waals surface area contributed by atoms with Crippen LogP contribution in [0.25, 0.3) is 0 Å². The number of fused-ring (bicyclic) bond motifs is 1. The van der Waals surface area contributed by atoms with Gasteiger partial charge >= 0.3 is 7.04 Å². The van der Waals surface area contributed by atoms with Gasteiger partial charge in [0.25, 0.3) is 0 Å². The fourth-order valence-electron chi connectivity index (χ4n) is 2.79. The smallest absolute Gasteiger partial charge is 0.599 e. The Balaban J connectivity index is 1.81. The molecule has 0 atom stereocenters. The van der Waals surface area contributed by atoms with Crippen LogP contribution in [0, 0.1) is 0 Å². The largest absolute Gasteiger partial charge is 0.834 e. The number of rotatable bonds is 2. The van der Waals surface area contributed by atoms with Crippen molar-refractivity contribution >= 4 is 24.8 Å². The molecular weight excluding hydrogens is 299 g/mol. The zero-order chi connectivity index (χ0) is 15.9. The number of nitrogens with one attached hydrogen (secondary N) is 1. The Morgan fingerprint density at radius 2 is 1.96 bits per heavy atom. The summed E-state index contributed by atoms with van der Waals surface area (Å²) in [5.74, 6) is 0.972. The van der Waals surface area contributed by atoms with E-state index in [2.05, 4.69) is 10.3 Å². The molecule has 2 aromatic rings. The standard InChI is InChI=1S/C16H14BF2N3O/c18-17(19)22(14-4-2-1-3-5-14)11-13-10-12(6-7-15(13)23-17)16-20-8-9-21-16/h1-7,10-11H,8-9H2,(H,20,21). The summed E-state index contributed by atoms with van der Waals surface area (Å²) in [6.45, 7) is 1.52. The van der Waals surface area contributed by atoms with Gasteiger partial charge in [0.05, 0.1) is 17.9 Å². The van der Waals surface area contributed by atoms with E-state index in [0.717, 1.165) is 29.0 Å².